The summed E-state index contributed by atoms with van der Waals surface area (Å²) in [6.07, 6.45) is 0. The molecule has 0 amide bonds. The van der Waals surface area contributed by atoms with Gasteiger partial charge in [0.15, 0.2) is 11.6 Å². The fraction of sp³-hybridized carbons (Fsp3) is 0.0213. The van der Waals surface area contributed by atoms with Gasteiger partial charge in [-0.1, -0.05) is 127 Å². The minimum Gasteiger partial charge on any atom is -0.456 e. The third-order valence-corrected chi connectivity index (χ3v) is 10.4. The van der Waals surface area contributed by atoms with Crippen molar-refractivity contribution in [1.82, 2.24) is 14.8 Å². The fourth-order valence-corrected chi connectivity index (χ4v) is 8.04. The van der Waals surface area contributed by atoms with Crippen molar-refractivity contribution in [3.8, 4) is 33.9 Å². The number of anilines is 3. The van der Waals surface area contributed by atoms with Crippen LogP contribution in [0.25, 0.3) is 77.4 Å². The monoisotopic (exact) mass is 666 g/mol. The molecule has 0 N–H and O–H groups in total. The Morgan fingerprint density at radius 1 is 0.500 bits per heavy atom. The van der Waals surface area contributed by atoms with E-state index in [4.69, 9.17) is 14.5 Å². The van der Waals surface area contributed by atoms with E-state index in [2.05, 4.69) is 138 Å². The van der Waals surface area contributed by atoms with Crippen molar-refractivity contribution in [1.29, 1.82) is 0 Å². The van der Waals surface area contributed by atoms with Crippen molar-refractivity contribution in [3.05, 3.63) is 175 Å². The Kier molecular flexibility index (Phi) is 6.25. The second-order valence-corrected chi connectivity index (χ2v) is 13.4. The number of rotatable bonds is 5. The lowest BCUT2D eigenvalue weighted by molar-refractivity contribution is 0.668. The highest BCUT2D eigenvalue weighted by Gasteiger charge is 2.26. The van der Waals surface area contributed by atoms with Gasteiger partial charge in [-0.15, -0.1) is 0 Å². The Labute approximate surface area is 299 Å². The van der Waals surface area contributed by atoms with Crippen molar-refractivity contribution in [2.75, 3.05) is 4.90 Å². The van der Waals surface area contributed by atoms with Gasteiger partial charge in [0, 0.05) is 38.5 Å². The largest absolute Gasteiger partial charge is 0.456 e. The smallest absolute Gasteiger partial charge is 0.181 e. The Morgan fingerprint density at radius 3 is 2.19 bits per heavy atom. The average Bonchev–Trinajstić information content (AvgIpc) is 3.80. The van der Waals surface area contributed by atoms with Gasteiger partial charge < -0.3 is 9.32 Å². The van der Waals surface area contributed by atoms with Crippen LogP contribution in [0.2, 0.25) is 0 Å². The van der Waals surface area contributed by atoms with Crippen LogP contribution in [0.3, 0.4) is 0 Å². The summed E-state index contributed by atoms with van der Waals surface area (Å²) in [4.78, 5) is 7.56. The van der Waals surface area contributed by atoms with E-state index in [1.54, 1.807) is 0 Å². The van der Waals surface area contributed by atoms with E-state index >= 15 is 0 Å². The zero-order valence-corrected chi connectivity index (χ0v) is 28.1. The predicted molar refractivity (Wildman–Crippen MR) is 212 cm³/mol. The van der Waals surface area contributed by atoms with Crippen molar-refractivity contribution in [3.63, 3.8) is 0 Å². The first-order valence-electron chi connectivity index (χ1n) is 17.6. The molecular weight excluding hydrogens is 637 g/mol. The molecule has 8 aromatic carbocycles. The quantitative estimate of drug-likeness (QED) is 0.183. The molecule has 2 aromatic heterocycles. The van der Waals surface area contributed by atoms with E-state index < -0.39 is 0 Å². The topological polar surface area (TPSA) is 47.1 Å². The van der Waals surface area contributed by atoms with Gasteiger partial charge in [0.05, 0.1) is 17.9 Å². The molecular formula is C47H30N4O. The number of hydrogen-bond donors (Lipinski definition) is 0. The molecule has 0 saturated heterocycles. The highest BCUT2D eigenvalue weighted by atomic mass is 16.3. The molecule has 0 atom stereocenters. The van der Waals surface area contributed by atoms with Crippen LogP contribution in [0.1, 0.15) is 5.56 Å². The minimum atomic E-state index is 0.545. The fourth-order valence-electron chi connectivity index (χ4n) is 8.04. The standard InChI is InChI=1S/C47H30N4O/c1-2-11-32(12-3-1)46-48-47(33-24-26-38-37-18-5-7-22-43(37)52-44(38)27-33)50(49-46)29-34-16-8-13-30-23-25-35(28-40(30)34)51-41-20-6-4-17-36(41)39-19-9-14-31-15-10-21-42(51)45(31)39/h1-28H,29H2. The van der Waals surface area contributed by atoms with Crippen LogP contribution in [-0.2, 0) is 6.54 Å². The second kappa shape index (κ2) is 11.3. The van der Waals surface area contributed by atoms with Gasteiger partial charge in [-0.2, -0.15) is 5.10 Å². The maximum atomic E-state index is 6.30. The molecule has 0 fully saturated rings. The SMILES string of the molecule is c1ccc(-c2nc(-c3ccc4c(c3)oc3ccccc34)n(Cc3cccc4ccc(N5c6ccccc6-c6cccc7cccc5c67)cc34)n2)cc1. The predicted octanol–water partition coefficient (Wildman–Crippen LogP) is 12.3. The van der Waals surface area contributed by atoms with E-state index in [9.17, 15) is 0 Å². The van der Waals surface area contributed by atoms with Crippen molar-refractivity contribution >= 4 is 60.5 Å². The van der Waals surface area contributed by atoms with Gasteiger partial charge in [-0.05, 0) is 69.8 Å². The molecule has 10 aromatic rings. The third-order valence-electron chi connectivity index (χ3n) is 10.4. The molecule has 0 radical (unpaired) electrons. The molecule has 244 valence electrons. The lowest BCUT2D eigenvalue weighted by atomic mass is 9.90. The number of para-hydroxylation sites is 2. The summed E-state index contributed by atoms with van der Waals surface area (Å²) in [6.45, 7) is 0.545. The van der Waals surface area contributed by atoms with Crippen LogP contribution in [-0.4, -0.2) is 14.8 Å². The zero-order valence-electron chi connectivity index (χ0n) is 28.1. The molecule has 11 rings (SSSR count). The Hall–Kier alpha value is -6.98. The first-order valence-corrected chi connectivity index (χ1v) is 17.6. The number of furan rings is 1. The van der Waals surface area contributed by atoms with Crippen LogP contribution < -0.4 is 4.90 Å². The van der Waals surface area contributed by atoms with Gasteiger partial charge in [0.1, 0.15) is 11.2 Å². The number of nitrogens with zero attached hydrogens (tertiary/aromatic N) is 4. The van der Waals surface area contributed by atoms with Gasteiger partial charge in [0.2, 0.25) is 0 Å². The van der Waals surface area contributed by atoms with Gasteiger partial charge >= 0.3 is 0 Å². The molecule has 0 saturated carbocycles. The number of hydrogen-bond acceptors (Lipinski definition) is 4. The maximum Gasteiger partial charge on any atom is 0.181 e. The molecule has 0 bridgehead atoms. The lowest BCUT2D eigenvalue weighted by Gasteiger charge is -2.33. The lowest BCUT2D eigenvalue weighted by Crippen LogP contribution is -2.15. The highest BCUT2D eigenvalue weighted by molar-refractivity contribution is 6.14. The van der Waals surface area contributed by atoms with E-state index in [1.807, 2.05) is 41.1 Å². The van der Waals surface area contributed by atoms with Gasteiger partial charge in [0.25, 0.3) is 0 Å². The van der Waals surface area contributed by atoms with Crippen molar-refractivity contribution < 1.29 is 4.42 Å². The van der Waals surface area contributed by atoms with Crippen LogP contribution in [0, 0.1) is 0 Å². The summed E-state index contributed by atoms with van der Waals surface area (Å²) in [5, 5.41) is 12.2. The normalized spacial score (nSPS) is 12.3. The molecule has 0 aliphatic carbocycles. The Morgan fingerprint density at radius 2 is 1.25 bits per heavy atom. The van der Waals surface area contributed by atoms with Crippen molar-refractivity contribution in [2.24, 2.45) is 0 Å². The van der Waals surface area contributed by atoms with Crippen LogP contribution >= 0.6 is 0 Å². The summed E-state index contributed by atoms with van der Waals surface area (Å²) < 4.78 is 8.34. The highest BCUT2D eigenvalue weighted by Crippen LogP contribution is 2.51. The number of fused-ring (bicyclic) bond motifs is 6. The summed E-state index contributed by atoms with van der Waals surface area (Å²) in [6, 6.07) is 60.0. The molecule has 5 nitrogen and oxygen atoms in total. The van der Waals surface area contributed by atoms with Gasteiger partial charge in [-0.3, -0.25) is 0 Å². The van der Waals surface area contributed by atoms with E-state index in [1.165, 1.54) is 49.6 Å². The number of aromatic nitrogens is 3. The molecule has 0 spiro atoms. The zero-order chi connectivity index (χ0) is 34.2. The third kappa shape index (κ3) is 4.42. The minimum absolute atomic E-state index is 0.545. The molecule has 3 heterocycles. The van der Waals surface area contributed by atoms with Gasteiger partial charge in [-0.25, -0.2) is 9.67 Å². The van der Waals surface area contributed by atoms with Crippen LogP contribution in [0.5, 0.6) is 0 Å². The van der Waals surface area contributed by atoms with Crippen molar-refractivity contribution in [2.45, 2.75) is 6.54 Å². The summed E-state index contributed by atoms with van der Waals surface area (Å²) in [7, 11) is 0. The summed E-state index contributed by atoms with van der Waals surface area (Å²) in [5.74, 6) is 1.49. The summed E-state index contributed by atoms with van der Waals surface area (Å²) in [5.41, 5.74) is 10.8. The molecule has 1 aliphatic heterocycles. The Bertz CT molecular complexity index is 3010. The maximum absolute atomic E-state index is 6.30. The average molecular weight is 667 g/mol. The molecule has 5 heteroatoms. The Balaban J connectivity index is 1.07. The van der Waals surface area contributed by atoms with Crippen LogP contribution in [0.4, 0.5) is 17.1 Å². The first kappa shape index (κ1) is 28.8. The van der Waals surface area contributed by atoms with E-state index in [0.717, 1.165) is 44.6 Å². The first-order chi connectivity index (χ1) is 25.8. The molecule has 52 heavy (non-hydrogen) atoms. The molecule has 0 unspecified atom stereocenters. The van der Waals surface area contributed by atoms with E-state index in [-0.39, 0.29) is 0 Å². The molecule has 1 aliphatic rings. The second-order valence-electron chi connectivity index (χ2n) is 13.4. The van der Waals surface area contributed by atoms with Crippen LogP contribution in [0.15, 0.2) is 174 Å². The summed E-state index contributed by atoms with van der Waals surface area (Å²) >= 11 is 0. The van der Waals surface area contributed by atoms with E-state index in [0.29, 0.717) is 12.4 Å². The number of benzene rings is 8.